The number of fused-ring (bicyclic) bond motifs is 1. The predicted octanol–water partition coefficient (Wildman–Crippen LogP) is 3.65. The minimum Gasteiger partial charge on any atom is -0.346 e. The monoisotopic (exact) mass is 374 g/mol. The number of hydrogen-bond donors (Lipinski definition) is 2. The van der Waals surface area contributed by atoms with E-state index in [1.54, 1.807) is 24.3 Å². The maximum absolute atomic E-state index is 12.8. The molecule has 2 aromatic rings. The molecular formula is C19H23ClN4O2. The lowest BCUT2D eigenvalue weighted by molar-refractivity contribution is 0.0913. The fraction of sp³-hybridized carbons (Fsp3) is 0.421. The van der Waals surface area contributed by atoms with Gasteiger partial charge in [0.05, 0.1) is 16.4 Å². The van der Waals surface area contributed by atoms with Gasteiger partial charge in [0.2, 0.25) is 0 Å². The number of hydrogen-bond acceptors (Lipinski definition) is 3. The molecule has 1 aliphatic rings. The summed E-state index contributed by atoms with van der Waals surface area (Å²) in [7, 11) is 0. The van der Waals surface area contributed by atoms with Crippen molar-refractivity contribution in [2.45, 2.75) is 52.1 Å². The van der Waals surface area contributed by atoms with Crippen LogP contribution < -0.4 is 10.6 Å². The van der Waals surface area contributed by atoms with Crippen molar-refractivity contribution in [2.75, 3.05) is 5.32 Å². The van der Waals surface area contributed by atoms with Crippen LogP contribution in [0.1, 0.15) is 60.4 Å². The molecule has 0 bridgehead atoms. The molecule has 0 unspecified atom stereocenters. The first kappa shape index (κ1) is 18.5. The molecule has 1 aliphatic heterocycles. The number of anilines is 1. The average molecular weight is 375 g/mol. The van der Waals surface area contributed by atoms with Crippen LogP contribution in [-0.2, 0) is 13.0 Å². The minimum atomic E-state index is -0.373. The van der Waals surface area contributed by atoms with E-state index in [4.69, 9.17) is 11.6 Å². The standard InChI is InChI=1S/C19H23ClN4O2/c1-19(2,3)23-17(25)15-14-10-6-7-11-24(14)16(22-15)18(26)21-13-9-5-4-8-12(13)20/h4-5,8-9H,6-7,10-11H2,1-3H3,(H,21,26)(H,23,25). The summed E-state index contributed by atoms with van der Waals surface area (Å²) in [5.41, 5.74) is 1.31. The molecule has 0 atom stereocenters. The van der Waals surface area contributed by atoms with Crippen LogP contribution >= 0.6 is 11.6 Å². The van der Waals surface area contributed by atoms with E-state index in [0.717, 1.165) is 25.0 Å². The first-order valence-corrected chi connectivity index (χ1v) is 9.12. The molecule has 2 N–H and O–H groups in total. The van der Waals surface area contributed by atoms with E-state index < -0.39 is 0 Å². The van der Waals surface area contributed by atoms with E-state index in [0.29, 0.717) is 22.9 Å². The molecule has 1 aromatic carbocycles. The molecule has 7 heteroatoms. The number of amides is 2. The largest absolute Gasteiger partial charge is 0.346 e. The molecule has 26 heavy (non-hydrogen) atoms. The highest BCUT2D eigenvalue weighted by Crippen LogP contribution is 2.24. The molecule has 0 fully saturated rings. The molecule has 0 saturated heterocycles. The highest BCUT2D eigenvalue weighted by Gasteiger charge is 2.29. The summed E-state index contributed by atoms with van der Waals surface area (Å²) in [6, 6.07) is 7.03. The number of nitrogens with zero attached hydrogens (tertiary/aromatic N) is 2. The Balaban J connectivity index is 1.93. The van der Waals surface area contributed by atoms with Gasteiger partial charge in [-0.3, -0.25) is 9.59 Å². The van der Waals surface area contributed by atoms with Crippen molar-refractivity contribution < 1.29 is 9.59 Å². The van der Waals surface area contributed by atoms with Crippen LogP contribution in [0.2, 0.25) is 5.02 Å². The summed E-state index contributed by atoms with van der Waals surface area (Å²) in [4.78, 5) is 29.8. The highest BCUT2D eigenvalue weighted by molar-refractivity contribution is 6.33. The summed E-state index contributed by atoms with van der Waals surface area (Å²) in [5.74, 6) is -0.366. The van der Waals surface area contributed by atoms with Gasteiger partial charge >= 0.3 is 0 Å². The number of imidazole rings is 1. The highest BCUT2D eigenvalue weighted by atomic mass is 35.5. The number of rotatable bonds is 3. The third-order valence-corrected chi connectivity index (χ3v) is 4.48. The second-order valence-corrected chi connectivity index (χ2v) is 7.88. The van der Waals surface area contributed by atoms with E-state index in [9.17, 15) is 9.59 Å². The number of carbonyl (C=O) groups excluding carboxylic acids is 2. The Morgan fingerprint density at radius 1 is 1.15 bits per heavy atom. The quantitative estimate of drug-likeness (QED) is 0.860. The second kappa shape index (κ2) is 7.11. The number of carbonyl (C=O) groups is 2. The predicted molar refractivity (Wildman–Crippen MR) is 102 cm³/mol. The third kappa shape index (κ3) is 3.90. The first-order chi connectivity index (χ1) is 12.3. The summed E-state index contributed by atoms with van der Waals surface area (Å²) in [5, 5.41) is 6.18. The van der Waals surface area contributed by atoms with Gasteiger partial charge in [0.15, 0.2) is 5.82 Å². The van der Waals surface area contributed by atoms with Gasteiger partial charge in [-0.15, -0.1) is 0 Å². The molecule has 1 aromatic heterocycles. The van der Waals surface area contributed by atoms with Crippen LogP contribution in [0, 0.1) is 0 Å². The number of benzene rings is 1. The van der Waals surface area contributed by atoms with E-state index in [1.165, 1.54) is 0 Å². The minimum absolute atomic E-state index is 0.249. The van der Waals surface area contributed by atoms with Crippen LogP contribution in [0.25, 0.3) is 0 Å². The molecule has 2 heterocycles. The fourth-order valence-corrected chi connectivity index (χ4v) is 3.22. The summed E-state index contributed by atoms with van der Waals surface area (Å²) >= 11 is 6.12. The molecule has 0 spiro atoms. The van der Waals surface area contributed by atoms with Gasteiger partial charge in [0, 0.05) is 12.1 Å². The summed E-state index contributed by atoms with van der Waals surface area (Å²) in [6.07, 6.45) is 2.67. The summed E-state index contributed by atoms with van der Waals surface area (Å²) in [6.45, 7) is 6.42. The van der Waals surface area contributed by atoms with E-state index in [1.807, 2.05) is 25.3 Å². The zero-order valence-corrected chi connectivity index (χ0v) is 16.0. The Bertz CT molecular complexity index is 852. The van der Waals surface area contributed by atoms with Crippen molar-refractivity contribution in [1.82, 2.24) is 14.9 Å². The second-order valence-electron chi connectivity index (χ2n) is 7.48. The van der Waals surface area contributed by atoms with Gasteiger partial charge in [0.25, 0.3) is 11.8 Å². The van der Waals surface area contributed by atoms with Crippen LogP contribution in [0.15, 0.2) is 24.3 Å². The molecule has 2 amide bonds. The lowest BCUT2D eigenvalue weighted by atomic mass is 10.1. The molecule has 3 rings (SSSR count). The van der Waals surface area contributed by atoms with Crippen molar-refractivity contribution in [2.24, 2.45) is 0 Å². The van der Waals surface area contributed by atoms with E-state index in [2.05, 4.69) is 15.6 Å². The third-order valence-electron chi connectivity index (χ3n) is 4.15. The van der Waals surface area contributed by atoms with Crippen LogP contribution in [-0.4, -0.2) is 26.9 Å². The smallest absolute Gasteiger partial charge is 0.291 e. The summed E-state index contributed by atoms with van der Waals surface area (Å²) < 4.78 is 1.85. The topological polar surface area (TPSA) is 76.0 Å². The van der Waals surface area contributed by atoms with Crippen molar-refractivity contribution in [1.29, 1.82) is 0 Å². The van der Waals surface area contributed by atoms with Gasteiger partial charge in [-0.2, -0.15) is 0 Å². The van der Waals surface area contributed by atoms with Crippen molar-refractivity contribution >= 4 is 29.1 Å². The zero-order valence-electron chi connectivity index (χ0n) is 15.2. The SMILES string of the molecule is CC(C)(C)NC(=O)c1nc(C(=O)Nc2ccccc2Cl)n2c1CCCC2. The van der Waals surface area contributed by atoms with Crippen LogP contribution in [0.5, 0.6) is 0 Å². The van der Waals surface area contributed by atoms with Crippen molar-refractivity contribution in [3.63, 3.8) is 0 Å². The van der Waals surface area contributed by atoms with E-state index >= 15 is 0 Å². The molecule has 6 nitrogen and oxygen atoms in total. The van der Waals surface area contributed by atoms with Gasteiger partial charge in [-0.05, 0) is 52.2 Å². The zero-order chi connectivity index (χ0) is 18.9. The lowest BCUT2D eigenvalue weighted by Crippen LogP contribution is -2.41. The average Bonchev–Trinajstić information content (AvgIpc) is 2.95. The normalized spacial score (nSPS) is 13.8. The number of para-hydroxylation sites is 1. The maximum atomic E-state index is 12.8. The Morgan fingerprint density at radius 2 is 1.88 bits per heavy atom. The number of halogens is 1. The van der Waals surface area contributed by atoms with Crippen molar-refractivity contribution in [3.8, 4) is 0 Å². The molecule has 0 radical (unpaired) electrons. The number of aromatic nitrogens is 2. The number of nitrogens with one attached hydrogen (secondary N) is 2. The van der Waals surface area contributed by atoms with Gasteiger partial charge in [-0.1, -0.05) is 23.7 Å². The Kier molecular flexibility index (Phi) is 5.05. The van der Waals surface area contributed by atoms with Gasteiger partial charge < -0.3 is 15.2 Å². The molecule has 138 valence electrons. The van der Waals surface area contributed by atoms with Crippen LogP contribution in [0.3, 0.4) is 0 Å². The Labute approximate surface area is 157 Å². The van der Waals surface area contributed by atoms with Gasteiger partial charge in [0.1, 0.15) is 5.69 Å². The fourth-order valence-electron chi connectivity index (χ4n) is 3.04. The lowest BCUT2D eigenvalue weighted by Gasteiger charge is -2.21. The maximum Gasteiger partial charge on any atom is 0.291 e. The Hall–Kier alpha value is -2.34. The first-order valence-electron chi connectivity index (χ1n) is 8.74. The van der Waals surface area contributed by atoms with E-state index in [-0.39, 0.29) is 23.2 Å². The van der Waals surface area contributed by atoms with Crippen molar-refractivity contribution in [3.05, 3.63) is 46.5 Å². The van der Waals surface area contributed by atoms with Crippen LogP contribution in [0.4, 0.5) is 5.69 Å². The molecule has 0 aliphatic carbocycles. The molecule has 0 saturated carbocycles. The molecular weight excluding hydrogens is 352 g/mol. The Morgan fingerprint density at radius 3 is 2.58 bits per heavy atom. The van der Waals surface area contributed by atoms with Gasteiger partial charge in [-0.25, -0.2) is 4.98 Å².